The van der Waals surface area contributed by atoms with Gasteiger partial charge in [-0.1, -0.05) is 12.1 Å². The summed E-state index contributed by atoms with van der Waals surface area (Å²) in [5.74, 6) is 1.31. The van der Waals surface area contributed by atoms with Crippen LogP contribution in [0.1, 0.15) is 23.2 Å². The second-order valence-electron chi connectivity index (χ2n) is 4.36. The second-order valence-corrected chi connectivity index (χ2v) is 5.51. The Balaban J connectivity index is 1.69. The first kappa shape index (κ1) is 14.2. The van der Waals surface area contributed by atoms with Crippen LogP contribution in [0.15, 0.2) is 24.3 Å². The van der Waals surface area contributed by atoms with Gasteiger partial charge in [-0.3, -0.25) is 0 Å². The zero-order chi connectivity index (χ0) is 13.5. The molecule has 5 heteroatoms. The van der Waals surface area contributed by atoms with E-state index in [2.05, 4.69) is 0 Å². The molecule has 0 amide bonds. The van der Waals surface area contributed by atoms with Crippen LogP contribution in [0.5, 0.6) is 5.75 Å². The number of aromatic carboxylic acids is 1. The minimum absolute atomic E-state index is 0.214. The smallest absolute Gasteiger partial charge is 0.339 e. The van der Waals surface area contributed by atoms with E-state index in [4.69, 9.17) is 14.6 Å². The van der Waals surface area contributed by atoms with Gasteiger partial charge >= 0.3 is 5.97 Å². The molecular weight excluding hydrogens is 264 g/mol. The highest BCUT2D eigenvalue weighted by molar-refractivity contribution is 7.99. The van der Waals surface area contributed by atoms with E-state index in [9.17, 15) is 4.79 Å². The van der Waals surface area contributed by atoms with Crippen molar-refractivity contribution in [2.75, 3.05) is 24.7 Å². The van der Waals surface area contributed by atoms with Crippen LogP contribution in [-0.4, -0.2) is 41.9 Å². The lowest BCUT2D eigenvalue weighted by molar-refractivity contribution is 0.0692. The van der Waals surface area contributed by atoms with Crippen LogP contribution < -0.4 is 4.74 Å². The fourth-order valence-corrected chi connectivity index (χ4v) is 2.86. The van der Waals surface area contributed by atoms with Gasteiger partial charge in [0, 0.05) is 18.1 Å². The van der Waals surface area contributed by atoms with Crippen molar-refractivity contribution < 1.29 is 19.4 Å². The molecule has 1 aromatic carbocycles. The maximum absolute atomic E-state index is 11.0. The normalized spacial score (nSPS) is 18.4. The third-order valence-electron chi connectivity index (χ3n) is 2.93. The van der Waals surface area contributed by atoms with Crippen LogP contribution in [-0.2, 0) is 4.74 Å². The first-order valence-electron chi connectivity index (χ1n) is 6.42. The van der Waals surface area contributed by atoms with Gasteiger partial charge in [0.05, 0.1) is 12.7 Å². The molecule has 0 aliphatic carbocycles. The van der Waals surface area contributed by atoms with Crippen molar-refractivity contribution in [2.45, 2.75) is 18.9 Å². The number of benzene rings is 1. The lowest BCUT2D eigenvalue weighted by Crippen LogP contribution is -2.11. The van der Waals surface area contributed by atoms with E-state index in [1.165, 1.54) is 0 Å². The molecule has 19 heavy (non-hydrogen) atoms. The molecule has 1 aromatic rings. The first-order chi connectivity index (χ1) is 9.27. The third kappa shape index (κ3) is 4.44. The summed E-state index contributed by atoms with van der Waals surface area (Å²) in [7, 11) is 0. The van der Waals surface area contributed by atoms with E-state index < -0.39 is 5.97 Å². The quantitative estimate of drug-likeness (QED) is 0.779. The molecule has 2 rings (SSSR count). The fraction of sp³-hybridized carbons (Fsp3) is 0.500. The largest absolute Gasteiger partial charge is 0.492 e. The van der Waals surface area contributed by atoms with Crippen LogP contribution in [0.4, 0.5) is 0 Å². The van der Waals surface area contributed by atoms with Crippen LogP contribution in [0.3, 0.4) is 0 Å². The summed E-state index contributed by atoms with van der Waals surface area (Å²) < 4.78 is 11.0. The summed E-state index contributed by atoms with van der Waals surface area (Å²) in [5.41, 5.74) is 0.214. The minimum Gasteiger partial charge on any atom is -0.492 e. The summed E-state index contributed by atoms with van der Waals surface area (Å²) in [6.45, 7) is 1.40. The van der Waals surface area contributed by atoms with E-state index in [-0.39, 0.29) is 5.56 Å². The van der Waals surface area contributed by atoms with Gasteiger partial charge < -0.3 is 14.6 Å². The van der Waals surface area contributed by atoms with Crippen molar-refractivity contribution in [3.05, 3.63) is 29.8 Å². The van der Waals surface area contributed by atoms with Crippen molar-refractivity contribution in [1.29, 1.82) is 0 Å². The molecule has 1 aliphatic rings. The van der Waals surface area contributed by atoms with Gasteiger partial charge in [0.1, 0.15) is 11.3 Å². The Morgan fingerprint density at radius 3 is 3.05 bits per heavy atom. The molecular formula is C14H18O4S. The highest BCUT2D eigenvalue weighted by Gasteiger charge is 2.15. The lowest BCUT2D eigenvalue weighted by Gasteiger charge is -2.10. The molecule has 1 heterocycles. The van der Waals surface area contributed by atoms with Gasteiger partial charge in [-0.05, 0) is 25.0 Å². The number of carboxylic acid groups (broad SMARTS) is 1. The van der Waals surface area contributed by atoms with Gasteiger partial charge in [-0.2, -0.15) is 11.8 Å². The predicted molar refractivity (Wildman–Crippen MR) is 75.2 cm³/mol. The zero-order valence-electron chi connectivity index (χ0n) is 10.7. The highest BCUT2D eigenvalue weighted by atomic mass is 32.2. The Kier molecular flexibility index (Phi) is 5.54. The molecule has 0 radical (unpaired) electrons. The SMILES string of the molecule is O=C(O)c1ccccc1OCCSCC1CCCO1. The molecule has 1 aliphatic heterocycles. The predicted octanol–water partition coefficient (Wildman–Crippen LogP) is 2.68. The number of rotatable bonds is 7. The summed E-state index contributed by atoms with van der Waals surface area (Å²) in [6, 6.07) is 6.72. The van der Waals surface area contributed by atoms with Gasteiger partial charge in [0.2, 0.25) is 0 Å². The van der Waals surface area contributed by atoms with E-state index in [1.807, 2.05) is 0 Å². The number of carboxylic acids is 1. The van der Waals surface area contributed by atoms with Crippen molar-refractivity contribution >= 4 is 17.7 Å². The Hall–Kier alpha value is -1.20. The number of para-hydroxylation sites is 1. The molecule has 1 atom stereocenters. The summed E-state index contributed by atoms with van der Waals surface area (Å²) in [4.78, 5) is 11.0. The van der Waals surface area contributed by atoms with Crippen LogP contribution >= 0.6 is 11.8 Å². The molecule has 1 unspecified atom stereocenters. The third-order valence-corrected chi connectivity index (χ3v) is 3.99. The molecule has 0 bridgehead atoms. The topological polar surface area (TPSA) is 55.8 Å². The number of hydrogen-bond donors (Lipinski definition) is 1. The number of hydrogen-bond acceptors (Lipinski definition) is 4. The van der Waals surface area contributed by atoms with Crippen molar-refractivity contribution in [1.82, 2.24) is 0 Å². The Bertz CT molecular complexity index is 416. The monoisotopic (exact) mass is 282 g/mol. The lowest BCUT2D eigenvalue weighted by atomic mass is 10.2. The standard InChI is InChI=1S/C14H18O4S/c15-14(16)12-5-1-2-6-13(12)18-8-9-19-10-11-4-3-7-17-11/h1-2,5-6,11H,3-4,7-10H2,(H,15,16). The van der Waals surface area contributed by atoms with E-state index in [0.29, 0.717) is 18.5 Å². The van der Waals surface area contributed by atoms with Crippen molar-refractivity contribution in [3.63, 3.8) is 0 Å². The average Bonchev–Trinajstić information content (AvgIpc) is 2.92. The van der Waals surface area contributed by atoms with Gasteiger partial charge in [-0.25, -0.2) is 4.79 Å². The molecule has 104 valence electrons. The second kappa shape index (κ2) is 7.40. The molecule has 1 fully saturated rings. The summed E-state index contributed by atoms with van der Waals surface area (Å²) in [5, 5.41) is 9.01. The number of ether oxygens (including phenoxy) is 2. The van der Waals surface area contributed by atoms with E-state index >= 15 is 0 Å². The number of carbonyl (C=O) groups is 1. The zero-order valence-corrected chi connectivity index (χ0v) is 11.5. The molecule has 4 nitrogen and oxygen atoms in total. The van der Waals surface area contributed by atoms with Crippen LogP contribution in [0.2, 0.25) is 0 Å². The molecule has 1 saturated heterocycles. The van der Waals surface area contributed by atoms with Crippen LogP contribution in [0.25, 0.3) is 0 Å². The molecule has 0 spiro atoms. The first-order valence-corrected chi connectivity index (χ1v) is 7.57. The van der Waals surface area contributed by atoms with Gasteiger partial charge in [-0.15, -0.1) is 0 Å². The maximum atomic E-state index is 11.0. The van der Waals surface area contributed by atoms with Crippen molar-refractivity contribution in [3.8, 4) is 5.75 Å². The Morgan fingerprint density at radius 2 is 2.32 bits per heavy atom. The Morgan fingerprint density at radius 1 is 1.47 bits per heavy atom. The molecule has 0 aromatic heterocycles. The average molecular weight is 282 g/mol. The van der Waals surface area contributed by atoms with E-state index in [1.54, 1.807) is 36.0 Å². The summed E-state index contributed by atoms with van der Waals surface area (Å²) >= 11 is 1.79. The minimum atomic E-state index is -0.956. The maximum Gasteiger partial charge on any atom is 0.339 e. The molecule has 1 N–H and O–H groups in total. The van der Waals surface area contributed by atoms with Gasteiger partial charge in [0.25, 0.3) is 0 Å². The fourth-order valence-electron chi connectivity index (χ4n) is 1.97. The van der Waals surface area contributed by atoms with Crippen LogP contribution in [0, 0.1) is 0 Å². The van der Waals surface area contributed by atoms with E-state index in [0.717, 1.165) is 31.0 Å². The molecule has 0 saturated carbocycles. The van der Waals surface area contributed by atoms with Gasteiger partial charge in [0.15, 0.2) is 0 Å². The Labute approximate surface area is 117 Å². The highest BCUT2D eigenvalue weighted by Crippen LogP contribution is 2.19. The number of thioether (sulfide) groups is 1. The summed E-state index contributed by atoms with van der Waals surface area (Å²) in [6.07, 6.45) is 2.69. The van der Waals surface area contributed by atoms with Crippen molar-refractivity contribution in [2.24, 2.45) is 0 Å².